The number of hydrogen-bond acceptors (Lipinski definition) is 4. The summed E-state index contributed by atoms with van der Waals surface area (Å²) in [6.45, 7) is 3.08. The third kappa shape index (κ3) is 7.03. The first-order valence-corrected chi connectivity index (χ1v) is 13.8. The summed E-state index contributed by atoms with van der Waals surface area (Å²) in [4.78, 5) is 27.6. The van der Waals surface area contributed by atoms with Gasteiger partial charge in [-0.15, -0.1) is 0 Å². The van der Waals surface area contributed by atoms with Crippen LogP contribution in [0.5, 0.6) is 0 Å². The lowest BCUT2D eigenvalue weighted by Crippen LogP contribution is -2.51. The Morgan fingerprint density at radius 2 is 1.62 bits per heavy atom. The molecule has 1 atom stereocenters. The van der Waals surface area contributed by atoms with E-state index in [4.69, 9.17) is 23.2 Å². The zero-order chi connectivity index (χ0) is 27.2. The molecule has 0 aliphatic heterocycles. The first-order valence-electron chi connectivity index (χ1n) is 11.6. The number of nitrogens with one attached hydrogen (secondary N) is 1. The highest BCUT2D eigenvalue weighted by atomic mass is 35.5. The van der Waals surface area contributed by atoms with Crippen molar-refractivity contribution in [3.8, 4) is 0 Å². The summed E-state index contributed by atoms with van der Waals surface area (Å²) in [7, 11) is -2.73. The van der Waals surface area contributed by atoms with Crippen LogP contribution in [-0.2, 0) is 26.0 Å². The van der Waals surface area contributed by atoms with Gasteiger partial charge in [0.1, 0.15) is 12.6 Å². The third-order valence-corrected chi connectivity index (χ3v) is 8.29. The number of hydrogen-bond donors (Lipinski definition) is 1. The van der Waals surface area contributed by atoms with E-state index in [1.54, 1.807) is 19.1 Å². The van der Waals surface area contributed by atoms with Crippen LogP contribution in [0.15, 0.2) is 77.7 Å². The second kappa shape index (κ2) is 12.4. The van der Waals surface area contributed by atoms with E-state index in [1.807, 2.05) is 37.3 Å². The van der Waals surface area contributed by atoms with Crippen molar-refractivity contribution in [3.05, 3.63) is 94.0 Å². The Morgan fingerprint density at radius 1 is 0.973 bits per heavy atom. The molecule has 0 aliphatic rings. The molecule has 0 unspecified atom stereocenters. The van der Waals surface area contributed by atoms with Gasteiger partial charge in [0.15, 0.2) is 0 Å². The molecule has 3 rings (SSSR count). The number of benzene rings is 3. The topological polar surface area (TPSA) is 86.8 Å². The smallest absolute Gasteiger partial charge is 0.264 e. The van der Waals surface area contributed by atoms with Crippen LogP contribution >= 0.6 is 23.2 Å². The molecule has 0 spiro atoms. The maximum Gasteiger partial charge on any atom is 0.264 e. The van der Waals surface area contributed by atoms with Crippen LogP contribution in [0.3, 0.4) is 0 Å². The van der Waals surface area contributed by atoms with Gasteiger partial charge < -0.3 is 10.2 Å². The Kier molecular flexibility index (Phi) is 9.59. The van der Waals surface area contributed by atoms with Gasteiger partial charge in [0.2, 0.25) is 11.8 Å². The largest absolute Gasteiger partial charge is 0.357 e. The van der Waals surface area contributed by atoms with Gasteiger partial charge in [0.25, 0.3) is 10.0 Å². The molecule has 37 heavy (non-hydrogen) atoms. The van der Waals surface area contributed by atoms with Crippen LogP contribution in [0.25, 0.3) is 0 Å². The maximum atomic E-state index is 13.8. The summed E-state index contributed by atoms with van der Waals surface area (Å²) in [6, 6.07) is 19.4. The monoisotopic (exact) mass is 561 g/mol. The van der Waals surface area contributed by atoms with Crippen LogP contribution in [0.1, 0.15) is 18.1 Å². The fourth-order valence-corrected chi connectivity index (χ4v) is 5.67. The van der Waals surface area contributed by atoms with E-state index in [9.17, 15) is 18.0 Å². The molecule has 0 heterocycles. The van der Waals surface area contributed by atoms with Crippen LogP contribution in [0.4, 0.5) is 5.69 Å². The highest BCUT2D eigenvalue weighted by molar-refractivity contribution is 7.92. The molecule has 196 valence electrons. The van der Waals surface area contributed by atoms with Crippen molar-refractivity contribution >= 4 is 50.7 Å². The number of rotatable bonds is 10. The van der Waals surface area contributed by atoms with E-state index in [2.05, 4.69) is 5.32 Å². The molecule has 7 nitrogen and oxygen atoms in total. The molecule has 0 bridgehead atoms. The van der Waals surface area contributed by atoms with Crippen molar-refractivity contribution in [2.45, 2.75) is 31.2 Å². The quantitative estimate of drug-likeness (QED) is 0.388. The lowest BCUT2D eigenvalue weighted by molar-refractivity contribution is -0.138. The number of nitrogens with zero attached hydrogens (tertiary/aromatic N) is 2. The molecule has 2 amide bonds. The Bertz CT molecular complexity index is 1350. The Morgan fingerprint density at radius 3 is 2.24 bits per heavy atom. The summed E-state index contributed by atoms with van der Waals surface area (Å²) in [5.41, 5.74) is 1.93. The van der Waals surface area contributed by atoms with Gasteiger partial charge in [0.05, 0.1) is 15.6 Å². The van der Waals surface area contributed by atoms with Crippen LogP contribution in [-0.4, -0.2) is 51.3 Å². The van der Waals surface area contributed by atoms with Crippen molar-refractivity contribution in [2.24, 2.45) is 0 Å². The Hall–Kier alpha value is -3.07. The van der Waals surface area contributed by atoms with Crippen LogP contribution in [0.2, 0.25) is 10.0 Å². The summed E-state index contributed by atoms with van der Waals surface area (Å²) in [6.07, 6.45) is 0.483. The average molecular weight is 563 g/mol. The maximum absolute atomic E-state index is 13.8. The first-order chi connectivity index (χ1) is 17.5. The van der Waals surface area contributed by atoms with E-state index in [0.29, 0.717) is 6.42 Å². The van der Waals surface area contributed by atoms with Gasteiger partial charge in [-0.2, -0.15) is 0 Å². The fourth-order valence-electron chi connectivity index (χ4n) is 3.81. The van der Waals surface area contributed by atoms with Crippen LogP contribution < -0.4 is 9.62 Å². The SMILES string of the molecule is CNC(=O)[C@H](C)N(CCc1ccccc1)C(=O)CN(c1cc(Cl)ccc1Cl)S(=O)(=O)c1ccc(C)cc1. The van der Waals surface area contributed by atoms with E-state index >= 15 is 0 Å². The molecule has 0 aromatic heterocycles. The minimum atomic E-state index is -4.22. The van der Waals surface area contributed by atoms with E-state index < -0.39 is 28.5 Å². The number of sulfonamides is 1. The van der Waals surface area contributed by atoms with Gasteiger partial charge >= 0.3 is 0 Å². The highest BCUT2D eigenvalue weighted by Gasteiger charge is 2.33. The van der Waals surface area contributed by atoms with Crippen molar-refractivity contribution in [2.75, 3.05) is 24.4 Å². The number of halogens is 2. The Labute approximate surface area is 228 Å². The molecule has 3 aromatic carbocycles. The van der Waals surface area contributed by atoms with Gasteiger partial charge in [-0.25, -0.2) is 8.42 Å². The van der Waals surface area contributed by atoms with Gasteiger partial charge in [-0.05, 0) is 56.2 Å². The van der Waals surface area contributed by atoms with E-state index in [-0.39, 0.29) is 33.1 Å². The second-order valence-corrected chi connectivity index (χ2v) is 11.2. The molecule has 0 aliphatic carbocycles. The lowest BCUT2D eigenvalue weighted by Gasteiger charge is -2.32. The van der Waals surface area contributed by atoms with Gasteiger partial charge in [-0.1, -0.05) is 71.2 Å². The number of likely N-dealkylation sites (N-methyl/N-ethyl adjacent to an activating group) is 1. The molecule has 0 fully saturated rings. The third-order valence-electron chi connectivity index (χ3n) is 5.96. The van der Waals surface area contributed by atoms with E-state index in [1.165, 1.54) is 42.3 Å². The summed E-state index contributed by atoms with van der Waals surface area (Å²) < 4.78 is 28.5. The number of carbonyl (C=O) groups is 2. The molecule has 1 N–H and O–H groups in total. The molecular weight excluding hydrogens is 533 g/mol. The Balaban J connectivity index is 2.02. The average Bonchev–Trinajstić information content (AvgIpc) is 2.89. The van der Waals surface area contributed by atoms with Crippen molar-refractivity contribution in [1.82, 2.24) is 10.2 Å². The van der Waals surface area contributed by atoms with Crippen LogP contribution in [0, 0.1) is 6.92 Å². The molecule has 3 aromatic rings. The second-order valence-electron chi connectivity index (χ2n) is 8.53. The number of amides is 2. The number of anilines is 1. The van der Waals surface area contributed by atoms with Gasteiger partial charge in [0, 0.05) is 18.6 Å². The molecule has 0 saturated heterocycles. The first kappa shape index (κ1) is 28.5. The molecule has 0 radical (unpaired) electrons. The summed E-state index contributed by atoms with van der Waals surface area (Å²) >= 11 is 12.6. The standard InChI is InChI=1S/C27H29Cl2N3O4S/c1-19-9-12-23(13-10-19)37(35,36)32(25-17-22(28)11-14-24(25)29)18-26(33)31(20(2)27(34)30-3)16-15-21-7-5-4-6-8-21/h4-14,17,20H,15-16,18H2,1-3H3,(H,30,34)/t20-/m0/s1. The summed E-state index contributed by atoms with van der Waals surface area (Å²) in [5, 5.41) is 2.93. The molecule has 0 saturated carbocycles. The predicted molar refractivity (Wildman–Crippen MR) is 148 cm³/mol. The summed E-state index contributed by atoms with van der Waals surface area (Å²) in [5.74, 6) is -0.922. The zero-order valence-corrected chi connectivity index (χ0v) is 23.1. The molecule has 10 heteroatoms. The van der Waals surface area contributed by atoms with Crippen molar-refractivity contribution in [1.29, 1.82) is 0 Å². The van der Waals surface area contributed by atoms with Crippen molar-refractivity contribution < 1.29 is 18.0 Å². The minimum absolute atomic E-state index is 0.00266. The zero-order valence-electron chi connectivity index (χ0n) is 20.8. The molecular formula is C27H29Cl2N3O4S. The van der Waals surface area contributed by atoms with E-state index in [0.717, 1.165) is 15.4 Å². The number of carbonyl (C=O) groups excluding carboxylic acids is 2. The highest BCUT2D eigenvalue weighted by Crippen LogP contribution is 2.33. The number of aryl methyl sites for hydroxylation is 1. The van der Waals surface area contributed by atoms with Gasteiger partial charge in [-0.3, -0.25) is 13.9 Å². The normalized spacial score (nSPS) is 12.0. The van der Waals surface area contributed by atoms with Crippen molar-refractivity contribution in [3.63, 3.8) is 0 Å². The predicted octanol–water partition coefficient (Wildman–Crippen LogP) is 4.70. The minimum Gasteiger partial charge on any atom is -0.357 e. The fraction of sp³-hybridized carbons (Fsp3) is 0.259. The lowest BCUT2D eigenvalue weighted by atomic mass is 10.1.